The van der Waals surface area contributed by atoms with Gasteiger partial charge in [-0.25, -0.2) is 0 Å². The molecule has 2 aromatic carbocycles. The lowest BCUT2D eigenvalue weighted by molar-refractivity contribution is -0.144. The van der Waals surface area contributed by atoms with E-state index in [1.165, 1.54) is 4.90 Å². The number of carbonyl (C=O) groups is 7. The maximum Gasteiger partial charge on any atom is 0.246 e. The van der Waals surface area contributed by atoms with E-state index in [4.69, 9.17) is 10.5 Å². The van der Waals surface area contributed by atoms with Crippen molar-refractivity contribution in [2.45, 2.75) is 128 Å². The Bertz CT molecular complexity index is 1630. The molecule has 0 spiro atoms. The molecule has 0 aromatic heterocycles. The number of rotatable bonds is 18. The first-order valence-corrected chi connectivity index (χ1v) is 19.2. The van der Waals surface area contributed by atoms with Gasteiger partial charge in [-0.1, -0.05) is 86.8 Å². The van der Waals surface area contributed by atoms with Crippen molar-refractivity contribution in [1.82, 2.24) is 15.5 Å². The van der Waals surface area contributed by atoms with E-state index in [0.717, 1.165) is 37.7 Å². The van der Waals surface area contributed by atoms with Gasteiger partial charge in [-0.05, 0) is 57.1 Å². The molecule has 4 rings (SSSR count). The minimum absolute atomic E-state index is 0.0879. The van der Waals surface area contributed by atoms with Crippen LogP contribution in [0.1, 0.15) is 109 Å². The van der Waals surface area contributed by atoms with Gasteiger partial charge in [0.1, 0.15) is 12.1 Å². The second kappa shape index (κ2) is 19.6. The minimum atomic E-state index is -1.09. The fourth-order valence-electron chi connectivity index (χ4n) is 7.54. The summed E-state index contributed by atoms with van der Waals surface area (Å²) in [5, 5.41) is 5.56. The number of likely N-dealkylation sites (tertiary alicyclic amines) is 1. The number of ether oxygens (including phenoxy) is 1. The number of ketones is 3. The number of nitrogens with one attached hydrogen (secondary N) is 2. The van der Waals surface area contributed by atoms with Crippen molar-refractivity contribution in [3.63, 3.8) is 0 Å². The lowest BCUT2D eigenvalue weighted by Gasteiger charge is -2.35. The van der Waals surface area contributed by atoms with Gasteiger partial charge in [-0.15, -0.1) is 0 Å². The summed E-state index contributed by atoms with van der Waals surface area (Å²) in [5.41, 5.74) is 6.25. The third kappa shape index (κ3) is 12.2. The maximum absolute atomic E-state index is 14.5. The number of benzene rings is 2. The molecule has 12 nitrogen and oxygen atoms in total. The van der Waals surface area contributed by atoms with E-state index in [-0.39, 0.29) is 62.2 Å². The van der Waals surface area contributed by atoms with Gasteiger partial charge in [0.15, 0.2) is 11.6 Å². The van der Waals surface area contributed by atoms with Gasteiger partial charge in [-0.2, -0.15) is 0 Å². The molecule has 5 atom stereocenters. The van der Waals surface area contributed by atoms with Crippen LogP contribution in [-0.4, -0.2) is 76.2 Å². The van der Waals surface area contributed by atoms with E-state index in [1.54, 1.807) is 37.3 Å². The molecule has 2 fully saturated rings. The molecule has 0 bridgehead atoms. The van der Waals surface area contributed by atoms with Crippen LogP contribution < -0.4 is 16.4 Å². The highest BCUT2D eigenvalue weighted by atomic mass is 16.5. The summed E-state index contributed by atoms with van der Waals surface area (Å²) in [6.45, 7) is 7.55. The highest BCUT2D eigenvalue weighted by molar-refractivity contribution is 6.38. The second-order valence-corrected chi connectivity index (χ2v) is 15.6. The third-order valence-electron chi connectivity index (χ3n) is 10.2. The predicted octanol–water partition coefficient (Wildman–Crippen LogP) is 4.33. The Morgan fingerprint density at radius 1 is 0.852 bits per heavy atom. The molecule has 1 saturated heterocycles. The summed E-state index contributed by atoms with van der Waals surface area (Å²) >= 11 is 0. The first kappa shape index (κ1) is 42.0. The van der Waals surface area contributed by atoms with E-state index in [9.17, 15) is 33.6 Å². The van der Waals surface area contributed by atoms with Crippen LogP contribution >= 0.6 is 0 Å². The number of carbonyl (C=O) groups excluding carboxylic acids is 7. The van der Waals surface area contributed by atoms with Crippen LogP contribution in [0.15, 0.2) is 60.7 Å². The minimum Gasteiger partial charge on any atom is -0.371 e. The van der Waals surface area contributed by atoms with Crippen LogP contribution in [0.5, 0.6) is 0 Å². The maximum atomic E-state index is 14.5. The molecule has 1 heterocycles. The normalized spacial score (nSPS) is 19.3. The molecule has 12 heteroatoms. The molecule has 2 aliphatic rings. The summed E-state index contributed by atoms with van der Waals surface area (Å²) < 4.78 is 6.27. The van der Waals surface area contributed by atoms with Gasteiger partial charge in [0.25, 0.3) is 0 Å². The number of nitrogens with two attached hydrogens (primary N) is 1. The van der Waals surface area contributed by atoms with Crippen LogP contribution in [-0.2, 0) is 44.7 Å². The molecule has 0 radical (unpaired) electrons. The topological polar surface area (TPSA) is 182 Å². The van der Waals surface area contributed by atoms with Crippen molar-refractivity contribution < 1.29 is 38.3 Å². The molecule has 1 aliphatic carbocycles. The Morgan fingerprint density at radius 3 is 2.07 bits per heavy atom. The first-order chi connectivity index (χ1) is 25.7. The average Bonchev–Trinajstić information content (AvgIpc) is 3.56. The van der Waals surface area contributed by atoms with E-state index in [0.29, 0.717) is 5.56 Å². The lowest BCUT2D eigenvalue weighted by atomic mass is 9.83. The van der Waals surface area contributed by atoms with Crippen molar-refractivity contribution in [2.75, 3.05) is 6.54 Å². The Kier molecular flexibility index (Phi) is 15.2. The SMILES string of the molecule is CCC(CC(=O)[C@@H]1C[C@@H](OC(C)(C)C)CN1C(=O)[C@@H](NC(=O)Cc1ccccc1)C1CCCCC1)C(=O)C(=O)CCC(=O)N[C@H](C(N)=O)c1ccccc1. The Labute approximate surface area is 318 Å². The molecule has 4 N–H and O–H groups in total. The predicted molar refractivity (Wildman–Crippen MR) is 203 cm³/mol. The van der Waals surface area contributed by atoms with Gasteiger partial charge in [0.05, 0.1) is 24.2 Å². The van der Waals surface area contributed by atoms with E-state index in [2.05, 4.69) is 10.6 Å². The number of primary amides is 1. The quantitative estimate of drug-likeness (QED) is 0.189. The summed E-state index contributed by atoms with van der Waals surface area (Å²) in [5.74, 6) is -4.97. The largest absolute Gasteiger partial charge is 0.371 e. The van der Waals surface area contributed by atoms with Crippen LogP contribution in [0.25, 0.3) is 0 Å². The Morgan fingerprint density at radius 2 is 1.48 bits per heavy atom. The molecule has 1 saturated carbocycles. The number of hydrogen-bond acceptors (Lipinski definition) is 8. The van der Waals surface area contributed by atoms with Gasteiger partial charge in [-0.3, -0.25) is 33.6 Å². The Hall–Kier alpha value is -4.71. The summed E-state index contributed by atoms with van der Waals surface area (Å²) in [6.07, 6.45) is 3.55. The van der Waals surface area contributed by atoms with Crippen LogP contribution in [0.2, 0.25) is 0 Å². The molecular formula is C42H56N4O8. The second-order valence-electron chi connectivity index (χ2n) is 15.6. The summed E-state index contributed by atoms with van der Waals surface area (Å²) in [7, 11) is 0. The number of hydrogen-bond donors (Lipinski definition) is 3. The van der Waals surface area contributed by atoms with Crippen molar-refractivity contribution in [1.29, 1.82) is 0 Å². The van der Waals surface area contributed by atoms with E-state index >= 15 is 0 Å². The molecule has 4 amide bonds. The third-order valence-corrected chi connectivity index (χ3v) is 10.2. The Balaban J connectivity index is 1.45. The van der Waals surface area contributed by atoms with Crippen molar-refractivity contribution in [3.05, 3.63) is 71.8 Å². The monoisotopic (exact) mass is 744 g/mol. The van der Waals surface area contributed by atoms with Crippen LogP contribution in [0.4, 0.5) is 0 Å². The van der Waals surface area contributed by atoms with Crippen molar-refractivity contribution in [3.8, 4) is 0 Å². The highest BCUT2D eigenvalue weighted by Gasteiger charge is 2.45. The zero-order valence-corrected chi connectivity index (χ0v) is 32.0. The molecular weight excluding hydrogens is 688 g/mol. The first-order valence-electron chi connectivity index (χ1n) is 19.2. The summed E-state index contributed by atoms with van der Waals surface area (Å²) in [6, 6.07) is 14.9. The number of Topliss-reactive ketones (excluding diaryl/α,β-unsaturated/α-hetero) is 3. The van der Waals surface area contributed by atoms with E-state index < -0.39 is 65.6 Å². The molecule has 1 unspecified atom stereocenters. The fourth-order valence-corrected chi connectivity index (χ4v) is 7.54. The highest BCUT2D eigenvalue weighted by Crippen LogP contribution is 2.32. The lowest BCUT2D eigenvalue weighted by Crippen LogP contribution is -2.55. The number of nitrogens with zero attached hydrogens (tertiary/aromatic N) is 1. The molecule has 2 aromatic rings. The zero-order valence-electron chi connectivity index (χ0n) is 32.0. The zero-order chi connectivity index (χ0) is 39.4. The summed E-state index contributed by atoms with van der Waals surface area (Å²) in [4.78, 5) is 94.6. The van der Waals surface area contributed by atoms with Gasteiger partial charge in [0, 0.05) is 38.1 Å². The molecule has 292 valence electrons. The van der Waals surface area contributed by atoms with Gasteiger partial charge >= 0.3 is 0 Å². The van der Waals surface area contributed by atoms with Crippen LogP contribution in [0, 0.1) is 11.8 Å². The van der Waals surface area contributed by atoms with Gasteiger partial charge in [0.2, 0.25) is 29.4 Å². The standard InChI is InChI=1S/C42H56N4O8/c1-5-28(39(51)33(47)21-22-35(49)44-37(40(43)52)29-17-11-7-12-18-29)24-34(48)32-25-31(54-42(2,3)4)26-46(32)41(53)38(30-19-13-8-14-20-30)45-36(50)23-27-15-9-6-10-16-27/h6-7,9-12,15-18,28,30-32,37-38H,5,8,13-14,19-26H2,1-4H3,(H2,43,52)(H,44,49)(H,45,50)/t28?,31-,32+,37+,38+/m1/s1. The van der Waals surface area contributed by atoms with Crippen molar-refractivity contribution in [2.24, 2.45) is 17.6 Å². The van der Waals surface area contributed by atoms with Crippen molar-refractivity contribution >= 4 is 41.0 Å². The smallest absolute Gasteiger partial charge is 0.246 e. The molecule has 1 aliphatic heterocycles. The van der Waals surface area contributed by atoms with Gasteiger partial charge < -0.3 is 26.0 Å². The number of amides is 4. The average molecular weight is 745 g/mol. The van der Waals surface area contributed by atoms with E-state index in [1.807, 2.05) is 51.1 Å². The fraction of sp³-hybridized carbons (Fsp3) is 0.548. The van der Waals surface area contributed by atoms with Crippen LogP contribution in [0.3, 0.4) is 0 Å². The molecule has 54 heavy (non-hydrogen) atoms.